The molecule has 78 valence electrons. The zero-order valence-electron chi connectivity index (χ0n) is 8.00. The van der Waals surface area contributed by atoms with Gasteiger partial charge in [0, 0.05) is 5.25 Å². The van der Waals surface area contributed by atoms with Crippen LogP contribution >= 0.6 is 34.7 Å². The summed E-state index contributed by atoms with van der Waals surface area (Å²) in [5.41, 5.74) is -0.700. The van der Waals surface area contributed by atoms with Gasteiger partial charge < -0.3 is 5.11 Å². The first kappa shape index (κ1) is 10.8. The lowest BCUT2D eigenvalue weighted by Crippen LogP contribution is -2.38. The predicted molar refractivity (Wildman–Crippen MR) is 64.4 cm³/mol. The van der Waals surface area contributed by atoms with E-state index in [-0.39, 0.29) is 5.25 Å². The lowest BCUT2D eigenvalue weighted by molar-refractivity contribution is 0.0292. The van der Waals surface area contributed by atoms with Gasteiger partial charge in [0.25, 0.3) is 0 Å². The van der Waals surface area contributed by atoms with Gasteiger partial charge in [0.15, 0.2) is 0 Å². The molecule has 1 aliphatic heterocycles. The van der Waals surface area contributed by atoms with Crippen LogP contribution in [-0.2, 0) is 5.60 Å². The maximum Gasteiger partial charge on any atom is 0.112 e. The van der Waals surface area contributed by atoms with Crippen LogP contribution in [0.5, 0.6) is 0 Å². The number of thiophene rings is 1. The summed E-state index contributed by atoms with van der Waals surface area (Å²) in [6.07, 6.45) is 1.90. The lowest BCUT2D eigenvalue weighted by atomic mass is 9.92. The molecule has 1 saturated heterocycles. The highest BCUT2D eigenvalue weighted by molar-refractivity contribution is 8.00. The molecule has 4 heteroatoms. The molecule has 2 rings (SSSR count). The van der Waals surface area contributed by atoms with Crippen molar-refractivity contribution < 1.29 is 5.11 Å². The smallest absolute Gasteiger partial charge is 0.112 e. The fourth-order valence-electron chi connectivity index (χ4n) is 1.84. The highest BCUT2D eigenvalue weighted by Crippen LogP contribution is 2.45. The highest BCUT2D eigenvalue weighted by Gasteiger charge is 2.40. The Morgan fingerprint density at radius 2 is 2.43 bits per heavy atom. The molecule has 2 heterocycles. The fourth-order valence-corrected chi connectivity index (χ4v) is 4.53. The van der Waals surface area contributed by atoms with Crippen LogP contribution in [0, 0.1) is 0 Å². The SMILES string of the molecule is CC1SCCCC1(O)c1sccc1Cl. The Bertz CT molecular complexity index is 326. The van der Waals surface area contributed by atoms with Crippen molar-refractivity contribution in [2.45, 2.75) is 30.6 Å². The van der Waals surface area contributed by atoms with Crippen molar-refractivity contribution in [1.29, 1.82) is 0 Å². The summed E-state index contributed by atoms with van der Waals surface area (Å²) in [5.74, 6) is 1.15. The van der Waals surface area contributed by atoms with Gasteiger partial charge in [0.2, 0.25) is 0 Å². The molecule has 1 nitrogen and oxygen atoms in total. The first-order chi connectivity index (χ1) is 6.64. The van der Waals surface area contributed by atoms with Gasteiger partial charge in [0.1, 0.15) is 5.60 Å². The molecule has 0 spiro atoms. The third-order valence-electron chi connectivity index (χ3n) is 2.75. The second kappa shape index (κ2) is 4.05. The molecule has 1 aromatic heterocycles. The van der Waals surface area contributed by atoms with Crippen LogP contribution in [0.1, 0.15) is 24.6 Å². The van der Waals surface area contributed by atoms with Crippen molar-refractivity contribution in [3.05, 3.63) is 21.3 Å². The monoisotopic (exact) mass is 248 g/mol. The molecular weight excluding hydrogens is 236 g/mol. The van der Waals surface area contributed by atoms with E-state index >= 15 is 0 Å². The summed E-state index contributed by atoms with van der Waals surface area (Å²) >= 11 is 9.46. The van der Waals surface area contributed by atoms with Gasteiger partial charge in [-0.05, 0) is 30.0 Å². The maximum absolute atomic E-state index is 10.6. The van der Waals surface area contributed by atoms with E-state index in [0.717, 1.165) is 23.5 Å². The van der Waals surface area contributed by atoms with Gasteiger partial charge in [-0.2, -0.15) is 11.8 Å². The first-order valence-corrected chi connectivity index (χ1v) is 7.02. The number of hydrogen-bond donors (Lipinski definition) is 1. The molecule has 1 fully saturated rings. The summed E-state index contributed by atoms with van der Waals surface area (Å²) < 4.78 is 0. The molecule has 14 heavy (non-hydrogen) atoms. The topological polar surface area (TPSA) is 20.2 Å². The Morgan fingerprint density at radius 1 is 1.64 bits per heavy atom. The van der Waals surface area contributed by atoms with E-state index in [0.29, 0.717) is 5.02 Å². The zero-order valence-corrected chi connectivity index (χ0v) is 10.4. The van der Waals surface area contributed by atoms with Crippen LogP contribution in [0.25, 0.3) is 0 Å². The Hall–Kier alpha value is 0.300. The van der Waals surface area contributed by atoms with E-state index in [9.17, 15) is 5.11 Å². The van der Waals surface area contributed by atoms with E-state index in [1.54, 1.807) is 11.3 Å². The minimum absolute atomic E-state index is 0.243. The minimum Gasteiger partial charge on any atom is -0.383 e. The highest BCUT2D eigenvalue weighted by atomic mass is 35.5. The number of rotatable bonds is 1. The largest absolute Gasteiger partial charge is 0.383 e. The van der Waals surface area contributed by atoms with Crippen LogP contribution in [0.3, 0.4) is 0 Å². The third kappa shape index (κ3) is 1.71. The molecule has 1 N–H and O–H groups in total. The maximum atomic E-state index is 10.6. The van der Waals surface area contributed by atoms with Crippen molar-refractivity contribution in [2.24, 2.45) is 0 Å². The Morgan fingerprint density at radius 3 is 3.00 bits per heavy atom. The van der Waals surface area contributed by atoms with Gasteiger partial charge in [-0.15, -0.1) is 11.3 Å². The number of thioether (sulfide) groups is 1. The van der Waals surface area contributed by atoms with Gasteiger partial charge in [0.05, 0.1) is 9.90 Å². The first-order valence-electron chi connectivity index (χ1n) is 4.72. The Labute approximate surface area is 97.5 Å². The average molecular weight is 249 g/mol. The summed E-state index contributed by atoms with van der Waals surface area (Å²) in [6.45, 7) is 2.08. The molecule has 0 amide bonds. The normalized spacial score (nSPS) is 33.2. The minimum atomic E-state index is -0.700. The predicted octanol–water partition coefficient (Wildman–Crippen LogP) is 3.50. The molecule has 0 aliphatic carbocycles. The van der Waals surface area contributed by atoms with Crippen LogP contribution in [0.2, 0.25) is 5.02 Å². The van der Waals surface area contributed by atoms with Crippen molar-refractivity contribution in [1.82, 2.24) is 0 Å². The van der Waals surface area contributed by atoms with E-state index in [1.165, 1.54) is 0 Å². The standard InChI is InChI=1S/C10H13ClOS2/c1-7-10(12,4-2-5-13-7)9-8(11)3-6-14-9/h3,6-7,12H,2,4-5H2,1H3. The van der Waals surface area contributed by atoms with Crippen molar-refractivity contribution >= 4 is 34.7 Å². The van der Waals surface area contributed by atoms with Crippen LogP contribution in [-0.4, -0.2) is 16.1 Å². The van der Waals surface area contributed by atoms with Crippen LogP contribution in [0.4, 0.5) is 0 Å². The Balaban J connectivity index is 2.34. The van der Waals surface area contributed by atoms with Gasteiger partial charge in [-0.1, -0.05) is 18.5 Å². The molecule has 0 radical (unpaired) electrons. The quantitative estimate of drug-likeness (QED) is 0.821. The molecule has 2 unspecified atom stereocenters. The number of aliphatic hydroxyl groups is 1. The zero-order chi connectivity index (χ0) is 10.2. The van der Waals surface area contributed by atoms with Crippen LogP contribution < -0.4 is 0 Å². The molecular formula is C10H13ClOS2. The number of halogens is 1. The average Bonchev–Trinajstić information content (AvgIpc) is 2.57. The molecule has 0 saturated carbocycles. The summed E-state index contributed by atoms with van der Waals surface area (Å²) in [7, 11) is 0. The Kier molecular flexibility index (Phi) is 3.12. The summed E-state index contributed by atoms with van der Waals surface area (Å²) in [5, 5.41) is 13.5. The lowest BCUT2D eigenvalue weighted by Gasteiger charge is -2.37. The molecule has 0 aromatic carbocycles. The molecule has 0 bridgehead atoms. The summed E-state index contributed by atoms with van der Waals surface area (Å²) in [4.78, 5) is 0.943. The van der Waals surface area contributed by atoms with Crippen LogP contribution in [0.15, 0.2) is 11.4 Å². The van der Waals surface area contributed by atoms with E-state index in [4.69, 9.17) is 11.6 Å². The molecule has 2 atom stereocenters. The van der Waals surface area contributed by atoms with Gasteiger partial charge >= 0.3 is 0 Å². The summed E-state index contributed by atoms with van der Waals surface area (Å²) in [6, 6.07) is 1.87. The van der Waals surface area contributed by atoms with E-state index < -0.39 is 5.60 Å². The van der Waals surface area contributed by atoms with Gasteiger partial charge in [-0.25, -0.2) is 0 Å². The second-order valence-corrected chi connectivity index (χ2v) is 6.41. The van der Waals surface area contributed by atoms with E-state index in [2.05, 4.69) is 6.92 Å². The van der Waals surface area contributed by atoms with Crippen molar-refractivity contribution in [2.75, 3.05) is 5.75 Å². The third-order valence-corrected chi connectivity index (χ3v) is 5.68. The van der Waals surface area contributed by atoms with Gasteiger partial charge in [-0.3, -0.25) is 0 Å². The fraction of sp³-hybridized carbons (Fsp3) is 0.600. The molecule has 1 aliphatic rings. The second-order valence-electron chi connectivity index (χ2n) is 3.64. The van der Waals surface area contributed by atoms with Crippen molar-refractivity contribution in [3.63, 3.8) is 0 Å². The molecule has 1 aromatic rings. The van der Waals surface area contributed by atoms with E-state index in [1.807, 2.05) is 23.2 Å². The van der Waals surface area contributed by atoms with Crippen molar-refractivity contribution in [3.8, 4) is 0 Å². The number of hydrogen-bond acceptors (Lipinski definition) is 3.